The smallest absolute Gasteiger partial charge is 0.231 e. The lowest BCUT2D eigenvalue weighted by Crippen LogP contribution is -2.09. The maximum absolute atomic E-state index is 6.03. The summed E-state index contributed by atoms with van der Waals surface area (Å²) in [5, 5.41) is 7.45. The Kier molecular flexibility index (Phi) is 5.48. The van der Waals surface area contributed by atoms with Crippen molar-refractivity contribution in [3.8, 4) is 11.5 Å². The van der Waals surface area contributed by atoms with Crippen molar-refractivity contribution in [1.82, 2.24) is 9.97 Å². The first kappa shape index (κ1) is 18.4. The van der Waals surface area contributed by atoms with Gasteiger partial charge in [-0.2, -0.15) is 0 Å². The molecule has 2 N–H and O–H groups in total. The highest BCUT2D eigenvalue weighted by Gasteiger charge is 2.13. The lowest BCUT2D eigenvalue weighted by molar-refractivity contribution is 0.174. The third-order valence-electron chi connectivity index (χ3n) is 4.36. The van der Waals surface area contributed by atoms with E-state index in [1.54, 1.807) is 0 Å². The van der Waals surface area contributed by atoms with E-state index in [1.165, 1.54) is 5.56 Å². The van der Waals surface area contributed by atoms with Crippen LogP contribution >= 0.6 is 11.6 Å². The number of rotatable bonds is 7. The summed E-state index contributed by atoms with van der Waals surface area (Å²) in [4.78, 5) is 8.92. The van der Waals surface area contributed by atoms with Crippen molar-refractivity contribution in [2.75, 3.05) is 24.0 Å². The first-order valence-electron chi connectivity index (χ1n) is 9.12. The van der Waals surface area contributed by atoms with Crippen LogP contribution in [0.2, 0.25) is 5.02 Å². The van der Waals surface area contributed by atoms with Gasteiger partial charge in [0, 0.05) is 24.2 Å². The van der Waals surface area contributed by atoms with Crippen LogP contribution in [0.25, 0.3) is 0 Å². The highest BCUT2D eigenvalue weighted by Crippen LogP contribution is 2.32. The minimum absolute atomic E-state index is 0.279. The van der Waals surface area contributed by atoms with E-state index in [4.69, 9.17) is 21.1 Å². The topological polar surface area (TPSA) is 68.3 Å². The van der Waals surface area contributed by atoms with Crippen LogP contribution in [0.1, 0.15) is 17.0 Å². The summed E-state index contributed by atoms with van der Waals surface area (Å²) in [5.74, 6) is 3.84. The van der Waals surface area contributed by atoms with Crippen LogP contribution in [0.15, 0.2) is 48.5 Å². The van der Waals surface area contributed by atoms with Crippen LogP contribution in [-0.2, 0) is 13.0 Å². The van der Waals surface area contributed by atoms with Gasteiger partial charge in [0.1, 0.15) is 17.5 Å². The zero-order chi connectivity index (χ0) is 19.3. The molecular weight excluding hydrogens is 376 g/mol. The molecule has 2 aromatic carbocycles. The third-order valence-corrected chi connectivity index (χ3v) is 4.59. The molecule has 0 spiro atoms. The first-order valence-corrected chi connectivity index (χ1v) is 9.50. The predicted octanol–water partition coefficient (Wildman–Crippen LogP) is 4.43. The average molecular weight is 397 g/mol. The van der Waals surface area contributed by atoms with Crippen LogP contribution in [0.4, 0.5) is 11.6 Å². The van der Waals surface area contributed by atoms with Crippen LogP contribution < -0.4 is 20.1 Å². The molecule has 0 atom stereocenters. The average Bonchev–Trinajstić information content (AvgIpc) is 3.14. The molecule has 28 heavy (non-hydrogen) atoms. The van der Waals surface area contributed by atoms with E-state index < -0.39 is 0 Å². The van der Waals surface area contributed by atoms with Gasteiger partial charge in [-0.1, -0.05) is 29.8 Å². The van der Waals surface area contributed by atoms with Crippen LogP contribution in [0, 0.1) is 6.92 Å². The molecule has 2 heterocycles. The quantitative estimate of drug-likeness (QED) is 0.615. The summed E-state index contributed by atoms with van der Waals surface area (Å²) >= 11 is 6.03. The van der Waals surface area contributed by atoms with Gasteiger partial charge in [-0.25, -0.2) is 9.97 Å². The van der Waals surface area contributed by atoms with Crippen molar-refractivity contribution >= 4 is 23.2 Å². The molecule has 0 fully saturated rings. The van der Waals surface area contributed by atoms with E-state index in [0.717, 1.165) is 46.7 Å². The molecule has 1 aliphatic heterocycles. The van der Waals surface area contributed by atoms with Crippen LogP contribution in [0.3, 0.4) is 0 Å². The maximum Gasteiger partial charge on any atom is 0.231 e. The van der Waals surface area contributed by atoms with E-state index in [9.17, 15) is 0 Å². The lowest BCUT2D eigenvalue weighted by atomic mass is 10.1. The van der Waals surface area contributed by atoms with E-state index in [1.807, 2.05) is 49.4 Å². The minimum Gasteiger partial charge on any atom is -0.454 e. The van der Waals surface area contributed by atoms with Gasteiger partial charge in [-0.05, 0) is 48.7 Å². The summed E-state index contributed by atoms with van der Waals surface area (Å²) in [6, 6.07) is 15.7. The van der Waals surface area contributed by atoms with Crippen molar-refractivity contribution < 1.29 is 9.47 Å². The molecule has 0 radical (unpaired) electrons. The standard InChI is InChI=1S/C21H21ClN4O2/c1-14-25-20(23-8-7-15-3-2-4-17(22)9-15)11-21(26-14)24-12-16-5-6-18-19(10-16)28-13-27-18/h2-6,9-11H,7-8,12-13H2,1H3,(H2,23,24,25,26). The summed E-state index contributed by atoms with van der Waals surface area (Å²) in [6.45, 7) is 3.56. The van der Waals surface area contributed by atoms with Gasteiger partial charge >= 0.3 is 0 Å². The molecule has 4 rings (SSSR count). The fourth-order valence-corrected chi connectivity index (χ4v) is 3.23. The van der Waals surface area contributed by atoms with Gasteiger partial charge in [0.2, 0.25) is 6.79 Å². The van der Waals surface area contributed by atoms with Gasteiger partial charge in [0.05, 0.1) is 0 Å². The van der Waals surface area contributed by atoms with Gasteiger partial charge in [-0.15, -0.1) is 0 Å². The van der Waals surface area contributed by atoms with Crippen molar-refractivity contribution in [2.24, 2.45) is 0 Å². The van der Waals surface area contributed by atoms with Gasteiger partial charge in [0.25, 0.3) is 0 Å². The Morgan fingerprint density at radius 1 is 0.929 bits per heavy atom. The number of nitrogens with zero attached hydrogens (tertiary/aromatic N) is 2. The van der Waals surface area contributed by atoms with Gasteiger partial charge in [-0.3, -0.25) is 0 Å². The number of ether oxygens (including phenoxy) is 2. The van der Waals surface area contributed by atoms with Crippen molar-refractivity contribution in [3.63, 3.8) is 0 Å². The molecule has 1 aromatic heterocycles. The Bertz CT molecular complexity index is 980. The summed E-state index contributed by atoms with van der Waals surface area (Å²) in [7, 11) is 0. The zero-order valence-electron chi connectivity index (χ0n) is 15.5. The molecule has 0 unspecified atom stereocenters. The Morgan fingerprint density at radius 2 is 1.75 bits per heavy atom. The Hall–Kier alpha value is -2.99. The second-order valence-corrected chi connectivity index (χ2v) is 6.97. The number of nitrogens with one attached hydrogen (secondary N) is 2. The fourth-order valence-electron chi connectivity index (χ4n) is 3.02. The number of fused-ring (bicyclic) bond motifs is 1. The number of hydrogen-bond donors (Lipinski definition) is 2. The Balaban J connectivity index is 1.35. The second kappa shape index (κ2) is 8.35. The summed E-state index contributed by atoms with van der Waals surface area (Å²) in [5.41, 5.74) is 2.28. The molecule has 6 nitrogen and oxygen atoms in total. The maximum atomic E-state index is 6.03. The highest BCUT2D eigenvalue weighted by molar-refractivity contribution is 6.30. The molecule has 0 saturated carbocycles. The van der Waals surface area contributed by atoms with E-state index >= 15 is 0 Å². The SMILES string of the molecule is Cc1nc(NCCc2cccc(Cl)c2)cc(NCc2ccc3c(c2)OCO3)n1. The predicted molar refractivity (Wildman–Crippen MR) is 110 cm³/mol. The largest absolute Gasteiger partial charge is 0.454 e. The molecule has 1 aliphatic rings. The number of hydrogen-bond acceptors (Lipinski definition) is 6. The number of halogens is 1. The van der Waals surface area contributed by atoms with E-state index in [0.29, 0.717) is 12.4 Å². The third kappa shape index (κ3) is 4.64. The van der Waals surface area contributed by atoms with E-state index in [-0.39, 0.29) is 6.79 Å². The normalized spacial score (nSPS) is 12.1. The Morgan fingerprint density at radius 3 is 2.61 bits per heavy atom. The van der Waals surface area contributed by atoms with Gasteiger partial charge in [0.15, 0.2) is 11.5 Å². The molecular formula is C21H21ClN4O2. The summed E-state index contributed by atoms with van der Waals surface area (Å²) in [6.07, 6.45) is 0.865. The lowest BCUT2D eigenvalue weighted by Gasteiger charge is -2.11. The van der Waals surface area contributed by atoms with Crippen molar-refractivity contribution in [3.05, 3.63) is 70.5 Å². The molecule has 144 valence electrons. The van der Waals surface area contributed by atoms with Crippen molar-refractivity contribution in [2.45, 2.75) is 19.9 Å². The van der Waals surface area contributed by atoms with Crippen LogP contribution in [-0.4, -0.2) is 23.3 Å². The number of aryl methyl sites for hydroxylation is 1. The zero-order valence-corrected chi connectivity index (χ0v) is 16.3. The fraction of sp³-hybridized carbons (Fsp3) is 0.238. The first-order chi connectivity index (χ1) is 13.7. The minimum atomic E-state index is 0.279. The molecule has 0 saturated heterocycles. The monoisotopic (exact) mass is 396 g/mol. The summed E-state index contributed by atoms with van der Waals surface area (Å²) < 4.78 is 10.8. The van der Waals surface area contributed by atoms with Gasteiger partial charge < -0.3 is 20.1 Å². The molecule has 3 aromatic rings. The van der Waals surface area contributed by atoms with Crippen molar-refractivity contribution in [1.29, 1.82) is 0 Å². The molecule has 0 amide bonds. The molecule has 0 bridgehead atoms. The second-order valence-electron chi connectivity index (χ2n) is 6.53. The van der Waals surface area contributed by atoms with E-state index in [2.05, 4.69) is 26.7 Å². The molecule has 0 aliphatic carbocycles. The van der Waals surface area contributed by atoms with Crippen LogP contribution in [0.5, 0.6) is 11.5 Å². The Labute approximate surface area is 168 Å². The number of anilines is 2. The highest BCUT2D eigenvalue weighted by atomic mass is 35.5. The molecule has 7 heteroatoms. The number of benzene rings is 2. The number of aromatic nitrogens is 2.